The first kappa shape index (κ1) is 33.1. The number of carboxylic acid groups (broad SMARTS) is 1. The van der Waals surface area contributed by atoms with Crippen molar-refractivity contribution in [3.63, 3.8) is 0 Å². The van der Waals surface area contributed by atoms with Crippen molar-refractivity contribution in [3.05, 3.63) is 60.8 Å². The van der Waals surface area contributed by atoms with E-state index >= 15 is 0 Å². The Kier molecular flexibility index (Phi) is 15.0. The predicted octanol–water partition coefficient (Wildman–Crippen LogP) is 7.64. The lowest BCUT2D eigenvalue weighted by molar-refractivity contribution is -0.324. The molecule has 2 aliphatic heterocycles. The zero-order valence-electron chi connectivity index (χ0n) is 22.9. The van der Waals surface area contributed by atoms with Gasteiger partial charge in [-0.1, -0.05) is 96.2 Å². The third-order valence-corrected chi connectivity index (χ3v) is 7.42. The first-order valence-electron chi connectivity index (χ1n) is 13.7. The van der Waals surface area contributed by atoms with Gasteiger partial charge < -0.3 is 19.7 Å². The van der Waals surface area contributed by atoms with Crippen molar-refractivity contribution in [3.8, 4) is 0 Å². The minimum absolute atomic E-state index is 0. The highest BCUT2D eigenvalue weighted by Gasteiger charge is 2.46. The van der Waals surface area contributed by atoms with Gasteiger partial charge in [-0.25, -0.2) is 4.79 Å². The summed E-state index contributed by atoms with van der Waals surface area (Å²) in [4.78, 5) is 10.6. The van der Waals surface area contributed by atoms with Gasteiger partial charge in [0.1, 0.15) is 0 Å². The molecule has 0 aromatic heterocycles. The molecule has 0 aliphatic carbocycles. The molecule has 37 heavy (non-hydrogen) atoms. The van der Waals surface area contributed by atoms with E-state index in [9.17, 15) is 9.90 Å². The maximum atomic E-state index is 10.6. The molecular weight excluding hydrogens is 464 g/mol. The fourth-order valence-electron chi connectivity index (χ4n) is 4.94. The molecule has 2 saturated heterocycles. The van der Waals surface area contributed by atoms with E-state index in [0.717, 1.165) is 38.2 Å². The van der Waals surface area contributed by atoms with E-state index in [2.05, 4.69) is 45.1 Å². The lowest BCUT2D eigenvalue weighted by Gasteiger charge is -2.49. The Bertz CT molecular complexity index is 808. The van der Waals surface area contributed by atoms with Crippen molar-refractivity contribution in [2.24, 2.45) is 23.7 Å². The van der Waals surface area contributed by atoms with E-state index in [1.54, 1.807) is 13.0 Å². The average Bonchev–Trinajstić information content (AvgIpc) is 2.84. The molecule has 2 aliphatic rings. The third kappa shape index (κ3) is 11.5. The Morgan fingerprint density at radius 1 is 1.05 bits per heavy atom. The quantitative estimate of drug-likeness (QED) is 0.206. The zero-order chi connectivity index (χ0) is 26.6. The molecule has 7 atom stereocenters. The first-order valence-corrected chi connectivity index (χ1v) is 13.7. The smallest absolute Gasteiger partial charge is 0.327 e. The Morgan fingerprint density at radius 2 is 1.78 bits per heavy atom. The molecule has 2 fully saturated rings. The second-order valence-corrected chi connectivity index (χ2v) is 10.9. The summed E-state index contributed by atoms with van der Waals surface area (Å²) in [6, 6.07) is 0. The van der Waals surface area contributed by atoms with Crippen molar-refractivity contribution in [2.45, 2.75) is 111 Å². The standard InChI is InChI=1S/C31H48O5.CH4/c1-6-7-9-14-29-26(17-15-23(2)3)20-22-31(36-29)21-19-25(5)28(35-31)13-11-8-10-12-27(32)24(4)16-18-30(33)34;/h6-12,14,16,18,23-29,32H,13,15,17,19-22H2,1-5H3,(H,33,34);1H4/b7-6+,11-8+,12-10+,14-9+,18-16+;. The van der Waals surface area contributed by atoms with Gasteiger partial charge in [-0.3, -0.25) is 0 Å². The topological polar surface area (TPSA) is 76.0 Å². The summed E-state index contributed by atoms with van der Waals surface area (Å²) in [7, 11) is 0. The second kappa shape index (κ2) is 16.8. The van der Waals surface area contributed by atoms with Crippen LogP contribution < -0.4 is 0 Å². The molecule has 0 radical (unpaired) electrons. The largest absolute Gasteiger partial charge is 0.478 e. The summed E-state index contributed by atoms with van der Waals surface area (Å²) in [5.41, 5.74) is 0. The van der Waals surface area contributed by atoms with Gasteiger partial charge in [0.25, 0.3) is 0 Å². The van der Waals surface area contributed by atoms with Crippen LogP contribution in [0.5, 0.6) is 0 Å². The Balaban J connectivity index is 0.00000684. The van der Waals surface area contributed by atoms with Gasteiger partial charge in [0, 0.05) is 24.8 Å². The summed E-state index contributed by atoms with van der Waals surface area (Å²) >= 11 is 0. The molecule has 2 heterocycles. The number of carbonyl (C=O) groups is 1. The van der Waals surface area contributed by atoms with Crippen LogP contribution in [-0.4, -0.2) is 40.3 Å². The van der Waals surface area contributed by atoms with Crippen LogP contribution in [-0.2, 0) is 14.3 Å². The van der Waals surface area contributed by atoms with Crippen LogP contribution in [0.3, 0.4) is 0 Å². The summed E-state index contributed by atoms with van der Waals surface area (Å²) in [6.07, 6.45) is 25.2. The molecule has 0 amide bonds. The van der Waals surface area contributed by atoms with Crippen molar-refractivity contribution in [1.29, 1.82) is 0 Å². The molecule has 2 rings (SSSR count). The van der Waals surface area contributed by atoms with Gasteiger partial charge in [0.15, 0.2) is 5.79 Å². The molecule has 0 saturated carbocycles. The Morgan fingerprint density at radius 3 is 2.46 bits per heavy atom. The van der Waals surface area contributed by atoms with Gasteiger partial charge >= 0.3 is 5.97 Å². The van der Waals surface area contributed by atoms with E-state index < -0.39 is 17.9 Å². The van der Waals surface area contributed by atoms with Crippen LogP contribution in [0.4, 0.5) is 0 Å². The summed E-state index contributed by atoms with van der Waals surface area (Å²) in [5, 5.41) is 18.9. The molecule has 7 unspecified atom stereocenters. The number of aliphatic carboxylic acids is 1. The van der Waals surface area contributed by atoms with E-state index in [-0.39, 0.29) is 25.6 Å². The molecule has 1 spiro atoms. The maximum absolute atomic E-state index is 10.6. The number of hydrogen-bond donors (Lipinski definition) is 2. The fourth-order valence-corrected chi connectivity index (χ4v) is 4.94. The van der Waals surface area contributed by atoms with Gasteiger partial charge in [0.05, 0.1) is 18.3 Å². The zero-order valence-corrected chi connectivity index (χ0v) is 22.9. The molecule has 0 aromatic carbocycles. The average molecular weight is 517 g/mol. The lowest BCUT2D eigenvalue weighted by atomic mass is 9.81. The second-order valence-electron chi connectivity index (χ2n) is 10.9. The highest BCUT2D eigenvalue weighted by molar-refractivity contribution is 5.79. The Labute approximate surface area is 226 Å². The number of allylic oxidation sites excluding steroid dienone is 5. The van der Waals surface area contributed by atoms with Crippen LogP contribution in [0.25, 0.3) is 0 Å². The molecule has 5 nitrogen and oxygen atoms in total. The van der Waals surface area contributed by atoms with Crippen LogP contribution >= 0.6 is 0 Å². The molecule has 0 bridgehead atoms. The molecular formula is C32H52O5. The molecule has 2 N–H and O–H groups in total. The van der Waals surface area contributed by atoms with Gasteiger partial charge in [-0.2, -0.15) is 0 Å². The SMILES string of the molecule is C.C/C=C/C=C/C1OC2(CCC(C)C(C/C=C/C=C/C(O)C(C)/C=C/C(=O)O)O2)CCC1CCC(C)C. The van der Waals surface area contributed by atoms with E-state index in [1.165, 1.54) is 18.9 Å². The fraction of sp³-hybridized carbons (Fsp3) is 0.656. The molecule has 5 heteroatoms. The third-order valence-electron chi connectivity index (χ3n) is 7.42. The summed E-state index contributed by atoms with van der Waals surface area (Å²) in [6.45, 7) is 10.6. The van der Waals surface area contributed by atoms with Crippen molar-refractivity contribution in [1.82, 2.24) is 0 Å². The highest BCUT2D eigenvalue weighted by Crippen LogP contribution is 2.44. The van der Waals surface area contributed by atoms with Gasteiger partial charge in [-0.15, -0.1) is 0 Å². The predicted molar refractivity (Wildman–Crippen MR) is 153 cm³/mol. The number of aliphatic hydroxyl groups excluding tert-OH is 1. The van der Waals surface area contributed by atoms with Gasteiger partial charge in [-0.05, 0) is 50.4 Å². The van der Waals surface area contributed by atoms with Crippen LogP contribution in [0, 0.1) is 23.7 Å². The normalized spacial score (nSPS) is 30.8. The minimum Gasteiger partial charge on any atom is -0.478 e. The van der Waals surface area contributed by atoms with E-state index in [1.807, 2.05) is 25.2 Å². The Hall–Kier alpha value is -1.95. The maximum Gasteiger partial charge on any atom is 0.327 e. The number of carboxylic acids is 1. The number of hydrogen-bond acceptors (Lipinski definition) is 4. The van der Waals surface area contributed by atoms with Crippen molar-refractivity contribution in [2.75, 3.05) is 0 Å². The van der Waals surface area contributed by atoms with E-state index in [0.29, 0.717) is 17.8 Å². The van der Waals surface area contributed by atoms with Crippen LogP contribution in [0.1, 0.15) is 87.0 Å². The highest BCUT2D eigenvalue weighted by atomic mass is 16.7. The monoisotopic (exact) mass is 516 g/mol. The van der Waals surface area contributed by atoms with Crippen molar-refractivity contribution < 1.29 is 24.5 Å². The molecule has 0 aromatic rings. The molecule has 210 valence electrons. The number of ether oxygens (including phenoxy) is 2. The van der Waals surface area contributed by atoms with E-state index in [4.69, 9.17) is 14.6 Å². The van der Waals surface area contributed by atoms with Gasteiger partial charge in [0.2, 0.25) is 0 Å². The summed E-state index contributed by atoms with van der Waals surface area (Å²) in [5.74, 6) is -0.0909. The number of rotatable bonds is 12. The van der Waals surface area contributed by atoms with Crippen LogP contribution in [0.2, 0.25) is 0 Å². The van der Waals surface area contributed by atoms with Crippen LogP contribution in [0.15, 0.2) is 60.8 Å². The summed E-state index contributed by atoms with van der Waals surface area (Å²) < 4.78 is 13.4. The lowest BCUT2D eigenvalue weighted by Crippen LogP contribution is -2.52. The first-order chi connectivity index (χ1) is 17.2. The van der Waals surface area contributed by atoms with Crippen molar-refractivity contribution >= 4 is 5.97 Å². The number of aliphatic hydroxyl groups is 1. The minimum atomic E-state index is -1.01.